The lowest BCUT2D eigenvalue weighted by Crippen LogP contribution is -2.34. The Bertz CT molecular complexity index is 669. The number of thiophene rings is 1. The number of benzene rings is 1. The van der Waals surface area contributed by atoms with Crippen molar-refractivity contribution in [2.45, 2.75) is 25.7 Å². The Morgan fingerprint density at radius 3 is 3.12 bits per heavy atom. The second kappa shape index (κ2) is 8.20. The minimum absolute atomic E-state index is 0.132. The molecule has 1 aromatic carbocycles. The first kappa shape index (κ1) is 16.8. The van der Waals surface area contributed by atoms with Gasteiger partial charge in [-0.25, -0.2) is 0 Å². The molecule has 0 spiro atoms. The zero-order valence-corrected chi connectivity index (χ0v) is 14.7. The fourth-order valence-corrected chi connectivity index (χ4v) is 3.65. The van der Waals surface area contributed by atoms with E-state index >= 15 is 0 Å². The van der Waals surface area contributed by atoms with E-state index in [1.54, 1.807) is 18.4 Å². The van der Waals surface area contributed by atoms with Crippen molar-refractivity contribution in [1.82, 2.24) is 5.32 Å². The summed E-state index contributed by atoms with van der Waals surface area (Å²) in [6.07, 6.45) is 3.39. The van der Waals surface area contributed by atoms with Gasteiger partial charge in [-0.05, 0) is 42.3 Å². The molecule has 0 saturated carbocycles. The van der Waals surface area contributed by atoms with Gasteiger partial charge >= 0.3 is 0 Å². The molecule has 3 rings (SSSR count). The van der Waals surface area contributed by atoms with Crippen molar-refractivity contribution in [3.05, 3.63) is 46.2 Å². The zero-order valence-electron chi connectivity index (χ0n) is 13.9. The highest BCUT2D eigenvalue weighted by Gasteiger charge is 2.20. The molecule has 4 nitrogen and oxygen atoms in total. The minimum Gasteiger partial charge on any atom is -0.497 e. The molecular weight excluding hydrogens is 322 g/mol. The second-order valence-corrected chi connectivity index (χ2v) is 7.12. The Morgan fingerprint density at radius 2 is 2.33 bits per heavy atom. The van der Waals surface area contributed by atoms with Crippen molar-refractivity contribution >= 4 is 17.2 Å². The standard InChI is InChI=1S/C19H23NO3S/c1-22-16-8-7-15-10-14(13-23-18(15)11-16)12-20-19(21)6-2-4-17-5-3-9-24-17/h3,5,7-9,11,14H,2,4,6,10,12-13H2,1H3,(H,20,21). The van der Waals surface area contributed by atoms with Gasteiger partial charge < -0.3 is 14.8 Å². The van der Waals surface area contributed by atoms with Crippen LogP contribution < -0.4 is 14.8 Å². The summed E-state index contributed by atoms with van der Waals surface area (Å²) < 4.78 is 11.0. The molecule has 0 fully saturated rings. The predicted octanol–water partition coefficient (Wildman–Crippen LogP) is 3.45. The van der Waals surface area contributed by atoms with E-state index in [4.69, 9.17) is 9.47 Å². The lowest BCUT2D eigenvalue weighted by atomic mass is 9.96. The molecule has 1 amide bonds. The molecule has 2 aromatic rings. The van der Waals surface area contributed by atoms with Crippen LogP contribution in [-0.2, 0) is 17.6 Å². The third-order valence-corrected chi connectivity index (χ3v) is 5.19. The van der Waals surface area contributed by atoms with Crippen LogP contribution >= 0.6 is 11.3 Å². The van der Waals surface area contributed by atoms with Crippen molar-refractivity contribution < 1.29 is 14.3 Å². The number of carbonyl (C=O) groups is 1. The van der Waals surface area contributed by atoms with Crippen LogP contribution in [0.25, 0.3) is 0 Å². The Balaban J connectivity index is 1.39. The SMILES string of the molecule is COc1ccc2c(c1)OCC(CNC(=O)CCCc1cccs1)C2. The first-order valence-electron chi connectivity index (χ1n) is 8.33. The van der Waals surface area contributed by atoms with Crippen molar-refractivity contribution in [3.63, 3.8) is 0 Å². The highest BCUT2D eigenvalue weighted by atomic mass is 32.1. The van der Waals surface area contributed by atoms with Crippen LogP contribution in [0.1, 0.15) is 23.3 Å². The number of nitrogens with one attached hydrogen (secondary N) is 1. The fraction of sp³-hybridized carbons (Fsp3) is 0.421. The lowest BCUT2D eigenvalue weighted by Gasteiger charge is -2.25. The molecule has 24 heavy (non-hydrogen) atoms. The number of hydrogen-bond donors (Lipinski definition) is 1. The summed E-state index contributed by atoms with van der Waals surface area (Å²) in [6.45, 7) is 1.30. The Morgan fingerprint density at radius 1 is 1.42 bits per heavy atom. The van der Waals surface area contributed by atoms with E-state index in [2.05, 4.69) is 22.8 Å². The second-order valence-electron chi connectivity index (χ2n) is 6.09. The molecule has 0 radical (unpaired) electrons. The number of rotatable bonds is 7. The van der Waals surface area contributed by atoms with Crippen LogP contribution in [0.15, 0.2) is 35.7 Å². The number of amides is 1. The van der Waals surface area contributed by atoms with Crippen LogP contribution in [-0.4, -0.2) is 26.2 Å². The van der Waals surface area contributed by atoms with Crippen molar-refractivity contribution in [1.29, 1.82) is 0 Å². The normalized spacial score (nSPS) is 16.1. The molecule has 128 valence electrons. The molecule has 1 atom stereocenters. The summed E-state index contributed by atoms with van der Waals surface area (Å²) in [4.78, 5) is 13.3. The molecule has 0 aliphatic carbocycles. The molecule has 1 N–H and O–H groups in total. The van der Waals surface area contributed by atoms with Crippen LogP contribution in [0.5, 0.6) is 11.5 Å². The number of methoxy groups -OCH3 is 1. The molecule has 0 bridgehead atoms. The third kappa shape index (κ3) is 4.51. The number of ether oxygens (including phenoxy) is 2. The van der Waals surface area contributed by atoms with E-state index in [1.165, 1.54) is 10.4 Å². The number of hydrogen-bond acceptors (Lipinski definition) is 4. The molecule has 1 unspecified atom stereocenters. The quantitative estimate of drug-likeness (QED) is 0.836. The maximum absolute atomic E-state index is 12.0. The van der Waals surface area contributed by atoms with Gasteiger partial charge in [0.2, 0.25) is 5.91 Å². The zero-order chi connectivity index (χ0) is 16.8. The van der Waals surface area contributed by atoms with Gasteiger partial charge in [0.25, 0.3) is 0 Å². The maximum Gasteiger partial charge on any atom is 0.220 e. The van der Waals surface area contributed by atoms with Crippen LogP contribution in [0.4, 0.5) is 0 Å². The Hall–Kier alpha value is -2.01. The van der Waals surface area contributed by atoms with Gasteiger partial charge in [-0.3, -0.25) is 4.79 Å². The van der Waals surface area contributed by atoms with Gasteiger partial charge in [0.15, 0.2) is 0 Å². The number of fused-ring (bicyclic) bond motifs is 1. The maximum atomic E-state index is 12.0. The monoisotopic (exact) mass is 345 g/mol. The topological polar surface area (TPSA) is 47.6 Å². The van der Waals surface area contributed by atoms with Gasteiger partial charge in [-0.1, -0.05) is 12.1 Å². The van der Waals surface area contributed by atoms with Gasteiger partial charge in [-0.2, -0.15) is 0 Å². The van der Waals surface area contributed by atoms with Crippen LogP contribution in [0.2, 0.25) is 0 Å². The molecule has 1 aliphatic heterocycles. The molecule has 0 saturated heterocycles. The van der Waals surface area contributed by atoms with E-state index in [9.17, 15) is 4.79 Å². The fourth-order valence-electron chi connectivity index (χ4n) is 2.90. The summed E-state index contributed by atoms with van der Waals surface area (Å²) >= 11 is 1.75. The summed E-state index contributed by atoms with van der Waals surface area (Å²) in [7, 11) is 1.65. The van der Waals surface area contributed by atoms with Crippen molar-refractivity contribution in [3.8, 4) is 11.5 Å². The van der Waals surface area contributed by atoms with E-state index in [0.29, 0.717) is 25.5 Å². The minimum atomic E-state index is 0.132. The highest BCUT2D eigenvalue weighted by Crippen LogP contribution is 2.30. The van der Waals surface area contributed by atoms with E-state index < -0.39 is 0 Å². The smallest absolute Gasteiger partial charge is 0.220 e. The van der Waals surface area contributed by atoms with Gasteiger partial charge in [0.1, 0.15) is 11.5 Å². The molecule has 1 aromatic heterocycles. The summed E-state index contributed by atoms with van der Waals surface area (Å²) in [5.74, 6) is 2.17. The first-order chi connectivity index (χ1) is 11.7. The summed E-state index contributed by atoms with van der Waals surface area (Å²) in [6, 6.07) is 10.1. The van der Waals surface area contributed by atoms with E-state index in [1.807, 2.05) is 18.2 Å². The molecule has 5 heteroatoms. The first-order valence-corrected chi connectivity index (χ1v) is 9.21. The Labute approximate surface area is 146 Å². The molecule has 1 aliphatic rings. The Kier molecular flexibility index (Phi) is 5.75. The van der Waals surface area contributed by atoms with Crippen LogP contribution in [0.3, 0.4) is 0 Å². The van der Waals surface area contributed by atoms with Gasteiger partial charge in [-0.15, -0.1) is 11.3 Å². The average Bonchev–Trinajstić information content (AvgIpc) is 3.12. The third-order valence-electron chi connectivity index (χ3n) is 4.25. The van der Waals surface area contributed by atoms with Gasteiger partial charge in [0, 0.05) is 29.8 Å². The van der Waals surface area contributed by atoms with Crippen LogP contribution in [0, 0.1) is 5.92 Å². The number of carbonyl (C=O) groups excluding carboxylic acids is 1. The highest BCUT2D eigenvalue weighted by molar-refractivity contribution is 7.09. The summed E-state index contributed by atoms with van der Waals surface area (Å²) in [5.41, 5.74) is 1.18. The summed E-state index contributed by atoms with van der Waals surface area (Å²) in [5, 5.41) is 5.12. The molecule has 2 heterocycles. The van der Waals surface area contributed by atoms with E-state index in [-0.39, 0.29) is 5.91 Å². The van der Waals surface area contributed by atoms with Crippen molar-refractivity contribution in [2.75, 3.05) is 20.3 Å². The lowest BCUT2D eigenvalue weighted by molar-refractivity contribution is -0.121. The number of aryl methyl sites for hydroxylation is 1. The largest absolute Gasteiger partial charge is 0.497 e. The van der Waals surface area contributed by atoms with Crippen molar-refractivity contribution in [2.24, 2.45) is 5.92 Å². The van der Waals surface area contributed by atoms with Gasteiger partial charge in [0.05, 0.1) is 13.7 Å². The van der Waals surface area contributed by atoms with E-state index in [0.717, 1.165) is 30.8 Å². The predicted molar refractivity (Wildman–Crippen MR) is 95.9 cm³/mol. The molecular formula is C19H23NO3S. The average molecular weight is 345 g/mol.